The molecule has 0 saturated carbocycles. The highest BCUT2D eigenvalue weighted by Gasteiger charge is 2.09. The van der Waals surface area contributed by atoms with Gasteiger partial charge < -0.3 is 4.74 Å². The van der Waals surface area contributed by atoms with Gasteiger partial charge in [-0.2, -0.15) is 0 Å². The molecule has 1 aromatic rings. The summed E-state index contributed by atoms with van der Waals surface area (Å²) in [5.74, 6) is 0.129. The van der Waals surface area contributed by atoms with E-state index in [1.807, 2.05) is 6.92 Å². The van der Waals surface area contributed by atoms with E-state index in [1.165, 1.54) is 18.2 Å². The maximum absolute atomic E-state index is 12.8. The first-order chi connectivity index (χ1) is 8.78. The molecule has 0 fully saturated rings. The van der Waals surface area contributed by atoms with Gasteiger partial charge in [0.2, 0.25) is 10.0 Å². The summed E-state index contributed by atoms with van der Waals surface area (Å²) in [5.41, 5.74) is 0. The molecule has 1 rings (SSSR count). The molecule has 0 aliphatic heterocycles. The van der Waals surface area contributed by atoms with Crippen molar-refractivity contribution in [2.45, 2.75) is 19.8 Å². The quantitative estimate of drug-likeness (QED) is 0.841. The van der Waals surface area contributed by atoms with Gasteiger partial charge in [0, 0.05) is 0 Å². The van der Waals surface area contributed by atoms with E-state index in [0.717, 1.165) is 0 Å². The van der Waals surface area contributed by atoms with Crippen molar-refractivity contribution in [1.29, 1.82) is 0 Å². The Balaban J connectivity index is 2.33. The molecule has 1 atom stereocenters. The van der Waals surface area contributed by atoms with E-state index in [9.17, 15) is 12.8 Å². The van der Waals surface area contributed by atoms with Crippen LogP contribution >= 0.6 is 11.6 Å². The van der Waals surface area contributed by atoms with Crippen LogP contribution in [0, 0.1) is 11.7 Å². The SMILES string of the molecule is CC(CCOc1ccc(F)cc1Cl)CCS(N)(=O)=O. The molecular formula is C12H17ClFNO3S. The standard InChI is InChI=1S/C12H17ClFNO3S/c1-9(5-7-19(15,16)17)4-6-18-12-3-2-10(14)8-11(12)13/h2-3,8-9H,4-7H2,1H3,(H2,15,16,17). The molecule has 1 unspecified atom stereocenters. The van der Waals surface area contributed by atoms with Gasteiger partial charge in [0.15, 0.2) is 0 Å². The number of sulfonamides is 1. The predicted octanol–water partition coefficient (Wildman–Crippen LogP) is 2.56. The maximum Gasteiger partial charge on any atom is 0.209 e. The number of halogens is 2. The van der Waals surface area contributed by atoms with Gasteiger partial charge in [0.05, 0.1) is 17.4 Å². The van der Waals surface area contributed by atoms with Crippen molar-refractivity contribution in [2.75, 3.05) is 12.4 Å². The summed E-state index contributed by atoms with van der Waals surface area (Å²) in [6.07, 6.45) is 1.16. The Labute approximate surface area is 117 Å². The molecule has 0 aromatic heterocycles. The number of hydrogen-bond donors (Lipinski definition) is 1. The van der Waals surface area contributed by atoms with Gasteiger partial charge in [-0.15, -0.1) is 0 Å². The molecule has 0 bridgehead atoms. The third-order valence-corrected chi connectivity index (χ3v) is 3.76. The largest absolute Gasteiger partial charge is 0.492 e. The second kappa shape index (κ2) is 7.07. The van der Waals surface area contributed by atoms with Gasteiger partial charge in [-0.3, -0.25) is 0 Å². The lowest BCUT2D eigenvalue weighted by molar-refractivity contribution is 0.281. The first-order valence-corrected chi connectivity index (χ1v) is 7.95. The van der Waals surface area contributed by atoms with E-state index in [4.69, 9.17) is 21.5 Å². The van der Waals surface area contributed by atoms with E-state index in [1.54, 1.807) is 0 Å². The Morgan fingerprint density at radius 3 is 2.68 bits per heavy atom. The molecular weight excluding hydrogens is 293 g/mol. The van der Waals surface area contributed by atoms with Crippen LogP contribution in [0.5, 0.6) is 5.75 Å². The van der Waals surface area contributed by atoms with Crippen molar-refractivity contribution in [2.24, 2.45) is 11.1 Å². The fraction of sp³-hybridized carbons (Fsp3) is 0.500. The average molecular weight is 310 g/mol. The van der Waals surface area contributed by atoms with Crippen molar-refractivity contribution in [1.82, 2.24) is 0 Å². The van der Waals surface area contributed by atoms with E-state index in [-0.39, 0.29) is 16.7 Å². The molecule has 19 heavy (non-hydrogen) atoms. The van der Waals surface area contributed by atoms with Gasteiger partial charge in [0.1, 0.15) is 11.6 Å². The molecule has 0 radical (unpaired) electrons. The van der Waals surface area contributed by atoms with Gasteiger partial charge in [-0.1, -0.05) is 18.5 Å². The second-order valence-electron chi connectivity index (χ2n) is 4.47. The Morgan fingerprint density at radius 1 is 1.42 bits per heavy atom. The summed E-state index contributed by atoms with van der Waals surface area (Å²) < 4.78 is 39.8. The normalized spacial score (nSPS) is 13.3. The summed E-state index contributed by atoms with van der Waals surface area (Å²) >= 11 is 5.80. The molecule has 1 aromatic carbocycles. The topological polar surface area (TPSA) is 69.4 Å². The molecule has 0 aliphatic rings. The smallest absolute Gasteiger partial charge is 0.209 e. The summed E-state index contributed by atoms with van der Waals surface area (Å²) in [4.78, 5) is 0. The highest BCUT2D eigenvalue weighted by atomic mass is 35.5. The molecule has 0 saturated heterocycles. The molecule has 4 nitrogen and oxygen atoms in total. The first kappa shape index (κ1) is 16.2. The lowest BCUT2D eigenvalue weighted by atomic mass is 10.1. The maximum atomic E-state index is 12.8. The lowest BCUT2D eigenvalue weighted by Gasteiger charge is -2.12. The Bertz CT molecular complexity index is 522. The fourth-order valence-electron chi connectivity index (χ4n) is 1.47. The van der Waals surface area contributed by atoms with E-state index < -0.39 is 15.8 Å². The van der Waals surface area contributed by atoms with Gasteiger partial charge in [-0.25, -0.2) is 17.9 Å². The molecule has 0 aliphatic carbocycles. The monoisotopic (exact) mass is 309 g/mol. The zero-order valence-corrected chi connectivity index (χ0v) is 12.2. The minimum absolute atomic E-state index is 0.0362. The lowest BCUT2D eigenvalue weighted by Crippen LogP contribution is -2.18. The van der Waals surface area contributed by atoms with Gasteiger partial charge in [-0.05, 0) is 37.0 Å². The van der Waals surface area contributed by atoms with Crippen molar-refractivity contribution in [3.63, 3.8) is 0 Å². The van der Waals surface area contributed by atoms with Crippen molar-refractivity contribution >= 4 is 21.6 Å². The van der Waals surface area contributed by atoms with Crippen LogP contribution in [0.15, 0.2) is 18.2 Å². The van der Waals surface area contributed by atoms with Crippen LogP contribution in [0.4, 0.5) is 4.39 Å². The van der Waals surface area contributed by atoms with Crippen LogP contribution in [0.2, 0.25) is 5.02 Å². The van der Waals surface area contributed by atoms with Gasteiger partial charge in [0.25, 0.3) is 0 Å². The minimum atomic E-state index is -3.41. The third kappa shape index (κ3) is 6.75. The zero-order valence-electron chi connectivity index (χ0n) is 10.6. The second-order valence-corrected chi connectivity index (χ2v) is 6.61. The number of hydrogen-bond acceptors (Lipinski definition) is 3. The highest BCUT2D eigenvalue weighted by Crippen LogP contribution is 2.25. The Kier molecular flexibility index (Phi) is 6.03. The Hall–Kier alpha value is -0.850. The predicted molar refractivity (Wildman–Crippen MR) is 73.3 cm³/mol. The fourth-order valence-corrected chi connectivity index (χ4v) is 2.42. The molecule has 0 heterocycles. The average Bonchev–Trinajstić information content (AvgIpc) is 2.28. The Morgan fingerprint density at radius 2 is 2.11 bits per heavy atom. The third-order valence-electron chi connectivity index (χ3n) is 2.66. The number of benzene rings is 1. The first-order valence-electron chi connectivity index (χ1n) is 5.86. The van der Waals surface area contributed by atoms with Gasteiger partial charge >= 0.3 is 0 Å². The van der Waals surface area contributed by atoms with E-state index >= 15 is 0 Å². The molecule has 2 N–H and O–H groups in total. The van der Waals surface area contributed by atoms with Crippen molar-refractivity contribution in [3.8, 4) is 5.75 Å². The van der Waals surface area contributed by atoms with Crippen molar-refractivity contribution < 1.29 is 17.5 Å². The summed E-state index contributed by atoms with van der Waals surface area (Å²) in [6.45, 7) is 2.30. The van der Waals surface area contributed by atoms with Crippen LogP contribution in [-0.4, -0.2) is 20.8 Å². The van der Waals surface area contributed by atoms with E-state index in [0.29, 0.717) is 25.2 Å². The summed E-state index contributed by atoms with van der Waals surface area (Å²) in [5, 5.41) is 5.15. The van der Waals surface area contributed by atoms with Crippen molar-refractivity contribution in [3.05, 3.63) is 29.0 Å². The van der Waals surface area contributed by atoms with Crippen LogP contribution in [0.3, 0.4) is 0 Å². The highest BCUT2D eigenvalue weighted by molar-refractivity contribution is 7.89. The number of rotatable bonds is 7. The van der Waals surface area contributed by atoms with E-state index in [2.05, 4.69) is 0 Å². The molecule has 108 valence electrons. The van der Waals surface area contributed by atoms with Crippen LogP contribution in [0.1, 0.15) is 19.8 Å². The number of ether oxygens (including phenoxy) is 1. The summed E-state index contributed by atoms with van der Waals surface area (Å²) in [6, 6.07) is 3.92. The van der Waals surface area contributed by atoms with Crippen LogP contribution < -0.4 is 9.88 Å². The zero-order chi connectivity index (χ0) is 14.5. The molecule has 0 amide bonds. The minimum Gasteiger partial charge on any atom is -0.492 e. The summed E-state index contributed by atoms with van der Waals surface area (Å²) in [7, 11) is -3.41. The number of nitrogens with two attached hydrogens (primary N) is 1. The molecule has 7 heteroatoms. The molecule has 0 spiro atoms. The van der Waals surface area contributed by atoms with Crippen LogP contribution in [0.25, 0.3) is 0 Å². The van der Waals surface area contributed by atoms with Crippen LogP contribution in [-0.2, 0) is 10.0 Å². The number of primary sulfonamides is 1.